The molecule has 26 heavy (non-hydrogen) atoms. The lowest BCUT2D eigenvalue weighted by atomic mass is 10.2. The van der Waals surface area contributed by atoms with Crippen LogP contribution < -0.4 is 15.5 Å². The summed E-state index contributed by atoms with van der Waals surface area (Å²) in [6.07, 6.45) is -0.279. The number of morpholine rings is 1. The van der Waals surface area contributed by atoms with Crippen LogP contribution in [0.2, 0.25) is 5.02 Å². The van der Waals surface area contributed by atoms with Crippen LogP contribution in [-0.4, -0.2) is 37.7 Å². The predicted molar refractivity (Wildman–Crippen MR) is 102 cm³/mol. The SMILES string of the molecule is Cc1ccc(N2CC(CNC(=O)Nc3cccc(Cl)c3)OCC2=O)cc1. The number of benzene rings is 2. The van der Waals surface area contributed by atoms with Crippen molar-refractivity contribution in [2.45, 2.75) is 13.0 Å². The highest BCUT2D eigenvalue weighted by Gasteiger charge is 2.27. The molecule has 1 unspecified atom stereocenters. The van der Waals surface area contributed by atoms with Gasteiger partial charge < -0.3 is 20.3 Å². The number of nitrogens with zero attached hydrogens (tertiary/aromatic N) is 1. The molecule has 2 aromatic rings. The Balaban J connectivity index is 1.54. The van der Waals surface area contributed by atoms with Crippen molar-refractivity contribution in [2.75, 3.05) is 29.9 Å². The van der Waals surface area contributed by atoms with E-state index < -0.39 is 0 Å². The number of hydrogen-bond acceptors (Lipinski definition) is 3. The number of anilines is 2. The van der Waals surface area contributed by atoms with Crippen molar-refractivity contribution in [1.82, 2.24) is 5.32 Å². The van der Waals surface area contributed by atoms with E-state index in [4.69, 9.17) is 16.3 Å². The zero-order valence-corrected chi connectivity index (χ0v) is 15.1. The molecule has 3 rings (SSSR count). The van der Waals surface area contributed by atoms with Gasteiger partial charge in [0.1, 0.15) is 6.61 Å². The Morgan fingerprint density at radius 2 is 2.04 bits per heavy atom. The van der Waals surface area contributed by atoms with Crippen molar-refractivity contribution in [3.63, 3.8) is 0 Å². The molecule has 7 heteroatoms. The lowest BCUT2D eigenvalue weighted by molar-refractivity contribution is -0.129. The van der Waals surface area contributed by atoms with Gasteiger partial charge in [-0.15, -0.1) is 0 Å². The second-order valence-corrected chi connectivity index (χ2v) is 6.55. The van der Waals surface area contributed by atoms with Gasteiger partial charge in [-0.2, -0.15) is 0 Å². The fraction of sp³-hybridized carbons (Fsp3) is 0.263. The predicted octanol–water partition coefficient (Wildman–Crippen LogP) is 3.20. The molecule has 0 spiro atoms. The van der Waals surface area contributed by atoms with Crippen molar-refractivity contribution in [3.05, 3.63) is 59.1 Å². The number of rotatable bonds is 4. The first-order valence-corrected chi connectivity index (χ1v) is 8.68. The van der Waals surface area contributed by atoms with E-state index in [-0.39, 0.29) is 24.6 Å². The van der Waals surface area contributed by atoms with Crippen LogP contribution in [-0.2, 0) is 9.53 Å². The average Bonchev–Trinajstić information content (AvgIpc) is 2.62. The smallest absolute Gasteiger partial charge is 0.319 e. The maximum absolute atomic E-state index is 12.1. The summed E-state index contributed by atoms with van der Waals surface area (Å²) in [6.45, 7) is 2.67. The molecule has 1 fully saturated rings. The third-order valence-electron chi connectivity index (χ3n) is 4.05. The van der Waals surface area contributed by atoms with E-state index in [2.05, 4.69) is 10.6 Å². The van der Waals surface area contributed by atoms with Crippen LogP contribution in [0.15, 0.2) is 48.5 Å². The molecule has 2 N–H and O–H groups in total. The third-order valence-corrected chi connectivity index (χ3v) is 4.28. The monoisotopic (exact) mass is 373 g/mol. The Morgan fingerprint density at radius 3 is 2.77 bits per heavy atom. The first-order chi connectivity index (χ1) is 12.5. The van der Waals surface area contributed by atoms with Gasteiger partial charge in [0, 0.05) is 22.9 Å². The van der Waals surface area contributed by atoms with Gasteiger partial charge in [-0.05, 0) is 37.3 Å². The quantitative estimate of drug-likeness (QED) is 0.864. The number of hydrogen-bond donors (Lipinski definition) is 2. The largest absolute Gasteiger partial charge is 0.365 e. The highest BCUT2D eigenvalue weighted by Crippen LogP contribution is 2.19. The van der Waals surface area contributed by atoms with Crippen molar-refractivity contribution < 1.29 is 14.3 Å². The number of amides is 3. The minimum absolute atomic E-state index is 0.00383. The number of aryl methyl sites for hydroxylation is 1. The van der Waals surface area contributed by atoms with Gasteiger partial charge in [-0.1, -0.05) is 35.4 Å². The molecule has 3 amide bonds. The number of ether oxygens (including phenoxy) is 1. The van der Waals surface area contributed by atoms with Crippen LogP contribution >= 0.6 is 11.6 Å². The summed E-state index contributed by atoms with van der Waals surface area (Å²) in [5, 5.41) is 6.02. The first-order valence-electron chi connectivity index (χ1n) is 8.30. The third kappa shape index (κ3) is 4.74. The number of nitrogens with one attached hydrogen (secondary N) is 2. The van der Waals surface area contributed by atoms with Gasteiger partial charge in [0.05, 0.1) is 12.6 Å². The Bertz CT molecular complexity index is 795. The Labute approximate surface area is 157 Å². The Hall–Kier alpha value is -2.57. The summed E-state index contributed by atoms with van der Waals surface area (Å²) in [7, 11) is 0. The zero-order chi connectivity index (χ0) is 18.5. The highest BCUT2D eigenvalue weighted by molar-refractivity contribution is 6.30. The molecule has 136 valence electrons. The van der Waals surface area contributed by atoms with E-state index in [0.29, 0.717) is 23.8 Å². The van der Waals surface area contributed by atoms with E-state index in [1.165, 1.54) is 0 Å². The fourth-order valence-corrected chi connectivity index (χ4v) is 2.86. The summed E-state index contributed by atoms with van der Waals surface area (Å²) in [5.74, 6) is -0.0894. The molecule has 0 saturated carbocycles. The molecule has 0 radical (unpaired) electrons. The van der Waals surface area contributed by atoms with Gasteiger partial charge in [0.2, 0.25) is 0 Å². The minimum atomic E-state index is -0.352. The number of carbonyl (C=O) groups excluding carboxylic acids is 2. The molecule has 1 aliphatic rings. The topological polar surface area (TPSA) is 70.7 Å². The molecule has 1 aliphatic heterocycles. The molecule has 0 bridgehead atoms. The maximum atomic E-state index is 12.1. The van der Waals surface area contributed by atoms with Crippen molar-refractivity contribution in [1.29, 1.82) is 0 Å². The van der Waals surface area contributed by atoms with Crippen molar-refractivity contribution in [3.8, 4) is 0 Å². The fourth-order valence-electron chi connectivity index (χ4n) is 2.67. The Morgan fingerprint density at radius 1 is 1.27 bits per heavy atom. The van der Waals surface area contributed by atoms with Gasteiger partial charge in [0.25, 0.3) is 5.91 Å². The van der Waals surface area contributed by atoms with Crippen molar-refractivity contribution in [2.24, 2.45) is 0 Å². The summed E-state index contributed by atoms with van der Waals surface area (Å²) in [5.41, 5.74) is 2.57. The molecule has 1 atom stereocenters. The van der Waals surface area contributed by atoms with E-state index >= 15 is 0 Å². The molecule has 0 aliphatic carbocycles. The molecule has 1 saturated heterocycles. The van der Waals surface area contributed by atoms with Crippen LogP contribution in [0.1, 0.15) is 5.56 Å². The van der Waals surface area contributed by atoms with Crippen LogP contribution in [0.4, 0.5) is 16.2 Å². The number of urea groups is 1. The van der Waals surface area contributed by atoms with Crippen LogP contribution in [0.3, 0.4) is 0 Å². The van der Waals surface area contributed by atoms with Crippen molar-refractivity contribution >= 4 is 34.9 Å². The van der Waals surface area contributed by atoms with E-state index in [1.54, 1.807) is 29.2 Å². The lowest BCUT2D eigenvalue weighted by Crippen LogP contribution is -2.51. The van der Waals surface area contributed by atoms with E-state index in [9.17, 15) is 9.59 Å². The number of halogens is 1. The van der Waals surface area contributed by atoms with Gasteiger partial charge in [0.15, 0.2) is 0 Å². The normalized spacial score (nSPS) is 17.1. The molecular weight excluding hydrogens is 354 g/mol. The molecular formula is C19H20ClN3O3. The molecule has 0 aromatic heterocycles. The Kier molecular flexibility index (Phi) is 5.75. The van der Waals surface area contributed by atoms with Crippen LogP contribution in [0.25, 0.3) is 0 Å². The summed E-state index contributed by atoms with van der Waals surface area (Å²) >= 11 is 5.90. The van der Waals surface area contributed by atoms with Crippen LogP contribution in [0, 0.1) is 6.92 Å². The molecule has 6 nitrogen and oxygen atoms in total. The second kappa shape index (κ2) is 8.21. The van der Waals surface area contributed by atoms with E-state index in [0.717, 1.165) is 11.3 Å². The summed E-state index contributed by atoms with van der Waals surface area (Å²) in [6, 6.07) is 14.3. The highest BCUT2D eigenvalue weighted by atomic mass is 35.5. The lowest BCUT2D eigenvalue weighted by Gasteiger charge is -2.33. The van der Waals surface area contributed by atoms with Crippen LogP contribution in [0.5, 0.6) is 0 Å². The number of carbonyl (C=O) groups is 2. The van der Waals surface area contributed by atoms with Gasteiger partial charge >= 0.3 is 6.03 Å². The molecule has 1 heterocycles. The average molecular weight is 374 g/mol. The van der Waals surface area contributed by atoms with Gasteiger partial charge in [-0.3, -0.25) is 4.79 Å². The zero-order valence-electron chi connectivity index (χ0n) is 14.4. The minimum Gasteiger partial charge on any atom is -0.365 e. The molecule has 2 aromatic carbocycles. The van der Waals surface area contributed by atoms with E-state index in [1.807, 2.05) is 31.2 Å². The standard InChI is InChI=1S/C19H20ClN3O3/c1-13-5-7-16(8-6-13)23-11-17(26-12-18(23)24)10-21-19(25)22-15-4-2-3-14(20)9-15/h2-9,17H,10-12H2,1H3,(H2,21,22,25). The first kappa shape index (κ1) is 18.2. The summed E-state index contributed by atoms with van der Waals surface area (Å²) in [4.78, 5) is 25.8. The summed E-state index contributed by atoms with van der Waals surface area (Å²) < 4.78 is 5.53. The maximum Gasteiger partial charge on any atom is 0.319 e. The van der Waals surface area contributed by atoms with Gasteiger partial charge in [-0.25, -0.2) is 4.79 Å². The second-order valence-electron chi connectivity index (χ2n) is 6.12.